The summed E-state index contributed by atoms with van der Waals surface area (Å²) in [6, 6.07) is 2.48. The van der Waals surface area contributed by atoms with E-state index in [0.717, 1.165) is 12.8 Å². The Morgan fingerprint density at radius 3 is 1.03 bits per heavy atom. The van der Waals surface area contributed by atoms with Crippen LogP contribution in [0, 0.1) is 12.2 Å². The van der Waals surface area contributed by atoms with E-state index < -0.39 is 16.5 Å². The van der Waals surface area contributed by atoms with Gasteiger partial charge in [-0.25, -0.2) is 22.5 Å². The summed E-state index contributed by atoms with van der Waals surface area (Å²) in [5, 5.41) is 2.95. The van der Waals surface area contributed by atoms with Gasteiger partial charge >= 0.3 is 26.2 Å². The third-order valence-corrected chi connectivity index (χ3v) is 14.2. The van der Waals surface area contributed by atoms with Crippen LogP contribution in [-0.2, 0) is 26.2 Å². The van der Waals surface area contributed by atoms with Crippen molar-refractivity contribution in [3.8, 4) is 0 Å². The molecule has 0 amide bonds. The van der Waals surface area contributed by atoms with E-state index in [0.29, 0.717) is 24.2 Å². The maximum absolute atomic E-state index is 3.51. The molecule has 0 N–H and O–H groups in total. The summed E-state index contributed by atoms with van der Waals surface area (Å²) in [5.74, 6) is 0. The second kappa shape index (κ2) is 13.2. The molecule has 0 heterocycles. The molecule has 2 nitrogen and oxygen atoms in total. The van der Waals surface area contributed by atoms with Crippen molar-refractivity contribution in [2.75, 3.05) is 0 Å². The smallest absolute Gasteiger partial charge is 0.318 e. The number of nitrogens with zero attached hydrogens (tertiary/aromatic N) is 2. The van der Waals surface area contributed by atoms with Crippen molar-refractivity contribution >= 4 is 16.5 Å². The van der Waals surface area contributed by atoms with Crippen LogP contribution in [0.4, 0.5) is 0 Å². The van der Waals surface area contributed by atoms with E-state index in [9.17, 15) is 0 Å². The van der Waals surface area contributed by atoms with Crippen molar-refractivity contribution in [3.63, 3.8) is 0 Å². The molecule has 174 valence electrons. The van der Waals surface area contributed by atoms with Gasteiger partial charge in [-0.2, -0.15) is 12.2 Å². The van der Waals surface area contributed by atoms with Gasteiger partial charge in [0.2, 0.25) is 0 Å². The van der Waals surface area contributed by atoms with Gasteiger partial charge in [-0.3, -0.25) is 12.2 Å². The summed E-state index contributed by atoms with van der Waals surface area (Å²) in [5.41, 5.74) is 0. The van der Waals surface area contributed by atoms with Gasteiger partial charge < -0.3 is 9.13 Å². The van der Waals surface area contributed by atoms with Gasteiger partial charge in [-0.1, -0.05) is 81.6 Å². The van der Waals surface area contributed by atoms with Crippen LogP contribution in [0.1, 0.15) is 68.2 Å². The van der Waals surface area contributed by atoms with Crippen LogP contribution in [0.2, 0.25) is 26.2 Å². The summed E-state index contributed by atoms with van der Waals surface area (Å²) in [4.78, 5) is 0. The molecular formula is C26H48N2Si2Zr. The van der Waals surface area contributed by atoms with Gasteiger partial charge in [0.15, 0.2) is 0 Å². The SMILES string of the molecule is CC(C)N(C(C)C)[Si](C)(C)C1=[C-]CC=C1.CC(C)N(C(C)C)[Si](C)(C)C1=[C-]CC=C1.[Zr+2]. The van der Waals surface area contributed by atoms with Crippen LogP contribution in [0.5, 0.6) is 0 Å². The van der Waals surface area contributed by atoms with Crippen molar-refractivity contribution in [2.24, 2.45) is 0 Å². The number of hydrogen-bond donors (Lipinski definition) is 0. The van der Waals surface area contributed by atoms with Gasteiger partial charge in [0.05, 0.1) is 0 Å². The fraction of sp³-hybridized carbons (Fsp3) is 0.692. The first kappa shape index (κ1) is 31.2. The first-order valence-corrected chi connectivity index (χ1v) is 17.8. The van der Waals surface area contributed by atoms with E-state index in [1.807, 2.05) is 0 Å². The number of hydrogen-bond acceptors (Lipinski definition) is 2. The molecule has 0 aliphatic heterocycles. The normalized spacial score (nSPS) is 16.5. The monoisotopic (exact) mass is 534 g/mol. The average Bonchev–Trinajstić information content (AvgIpc) is 3.28. The molecule has 2 rings (SSSR count). The summed E-state index contributed by atoms with van der Waals surface area (Å²) in [7, 11) is -2.95. The standard InChI is InChI=1S/2C13H24NSi.Zr/c2*1-11(2)14(12(3)4)15(5,6)13-9-7-8-10-13;/h2*7,9,11-12H,8H2,1-6H3;/q2*-1;+2. The summed E-state index contributed by atoms with van der Waals surface area (Å²) in [6.07, 6.45) is 18.1. The molecule has 0 spiro atoms. The fourth-order valence-corrected chi connectivity index (χ4v) is 13.5. The Kier molecular flexibility index (Phi) is 13.3. The molecule has 0 aromatic rings. The Morgan fingerprint density at radius 2 is 0.871 bits per heavy atom. The summed E-state index contributed by atoms with van der Waals surface area (Å²) in [6.45, 7) is 28.1. The molecular weight excluding hydrogens is 488 g/mol. The second-order valence-corrected chi connectivity index (χ2v) is 19.0. The van der Waals surface area contributed by atoms with Gasteiger partial charge in [0, 0.05) is 0 Å². The van der Waals surface area contributed by atoms with Crippen LogP contribution in [0.25, 0.3) is 0 Å². The minimum atomic E-state index is -1.47. The Hall–Kier alpha value is 0.197. The van der Waals surface area contributed by atoms with Crippen LogP contribution in [0.15, 0.2) is 34.7 Å². The van der Waals surface area contributed by atoms with Crippen molar-refractivity contribution in [1.82, 2.24) is 9.13 Å². The zero-order valence-electron chi connectivity index (χ0n) is 22.4. The van der Waals surface area contributed by atoms with E-state index in [1.165, 1.54) is 10.4 Å². The quantitative estimate of drug-likeness (QED) is 0.242. The van der Waals surface area contributed by atoms with E-state index in [1.54, 1.807) is 0 Å². The maximum atomic E-state index is 3.51. The first-order chi connectivity index (χ1) is 13.7. The van der Waals surface area contributed by atoms with Crippen molar-refractivity contribution in [1.29, 1.82) is 0 Å². The van der Waals surface area contributed by atoms with E-state index >= 15 is 0 Å². The third-order valence-electron chi connectivity index (χ3n) is 6.22. The molecule has 2 aliphatic carbocycles. The molecule has 0 fully saturated rings. The maximum Gasteiger partial charge on any atom is 2.00 e. The predicted molar refractivity (Wildman–Crippen MR) is 140 cm³/mol. The molecule has 0 bridgehead atoms. The molecule has 0 radical (unpaired) electrons. The first-order valence-electron chi connectivity index (χ1n) is 11.9. The summed E-state index contributed by atoms with van der Waals surface area (Å²) < 4.78 is 5.37. The third kappa shape index (κ3) is 8.17. The van der Waals surface area contributed by atoms with Crippen LogP contribution >= 0.6 is 0 Å². The van der Waals surface area contributed by atoms with Gasteiger partial charge in [-0.05, 0) is 24.2 Å². The second-order valence-electron chi connectivity index (χ2n) is 10.7. The van der Waals surface area contributed by atoms with Gasteiger partial charge in [0.25, 0.3) is 0 Å². The van der Waals surface area contributed by atoms with Gasteiger partial charge in [-0.15, -0.1) is 12.8 Å². The molecule has 0 unspecified atom stereocenters. The molecule has 0 saturated heterocycles. The Morgan fingerprint density at radius 1 is 0.613 bits per heavy atom. The topological polar surface area (TPSA) is 6.48 Å². The molecule has 5 heteroatoms. The van der Waals surface area contributed by atoms with Gasteiger partial charge in [0.1, 0.15) is 16.5 Å². The minimum Gasteiger partial charge on any atom is -0.318 e. The van der Waals surface area contributed by atoms with Crippen molar-refractivity contribution in [2.45, 2.75) is 119 Å². The molecule has 0 atom stereocenters. The van der Waals surface area contributed by atoms with E-state index in [4.69, 9.17) is 0 Å². The van der Waals surface area contributed by atoms with E-state index in [2.05, 4.69) is 127 Å². The Labute approximate surface area is 216 Å². The fourth-order valence-electron chi connectivity index (χ4n) is 5.70. The van der Waals surface area contributed by atoms with Crippen LogP contribution in [-0.4, -0.2) is 49.8 Å². The Balaban J connectivity index is 0.000000562. The molecule has 0 aromatic carbocycles. The average molecular weight is 536 g/mol. The molecule has 0 aromatic heterocycles. The Bertz CT molecular complexity index is 597. The molecule has 31 heavy (non-hydrogen) atoms. The van der Waals surface area contributed by atoms with Crippen molar-refractivity contribution < 1.29 is 26.2 Å². The van der Waals surface area contributed by atoms with E-state index in [-0.39, 0.29) is 26.2 Å². The summed E-state index contributed by atoms with van der Waals surface area (Å²) >= 11 is 0. The largest absolute Gasteiger partial charge is 2.00 e. The number of allylic oxidation sites excluding steroid dienone is 8. The zero-order chi connectivity index (χ0) is 23.3. The van der Waals surface area contributed by atoms with Crippen LogP contribution < -0.4 is 0 Å². The number of rotatable bonds is 8. The predicted octanol–water partition coefficient (Wildman–Crippen LogP) is 7.08. The zero-order valence-corrected chi connectivity index (χ0v) is 26.9. The molecule has 2 aliphatic rings. The van der Waals surface area contributed by atoms with Crippen molar-refractivity contribution in [3.05, 3.63) is 46.8 Å². The molecule has 0 saturated carbocycles. The minimum absolute atomic E-state index is 0. The van der Waals surface area contributed by atoms with Crippen LogP contribution in [0.3, 0.4) is 0 Å².